The molecular formula is C27H29FN6O. The van der Waals surface area contributed by atoms with Crippen molar-refractivity contribution in [2.45, 2.75) is 32.2 Å². The van der Waals surface area contributed by atoms with Gasteiger partial charge >= 0.3 is 0 Å². The highest BCUT2D eigenvalue weighted by Crippen LogP contribution is 2.35. The maximum absolute atomic E-state index is 15.6. The number of aryl methyl sites for hydroxylation is 1. The van der Waals surface area contributed by atoms with Crippen LogP contribution >= 0.6 is 0 Å². The molecule has 0 amide bonds. The molecule has 7 nitrogen and oxygen atoms in total. The second-order valence-electron chi connectivity index (χ2n) is 9.44. The monoisotopic (exact) mass is 472 g/mol. The van der Waals surface area contributed by atoms with Crippen molar-refractivity contribution in [2.24, 2.45) is 0 Å². The molecule has 0 radical (unpaired) electrons. The summed E-state index contributed by atoms with van der Waals surface area (Å²) >= 11 is 0. The van der Waals surface area contributed by atoms with E-state index in [1.807, 2.05) is 19.2 Å². The highest BCUT2D eigenvalue weighted by atomic mass is 19.1. The van der Waals surface area contributed by atoms with Crippen molar-refractivity contribution in [3.05, 3.63) is 59.7 Å². The summed E-state index contributed by atoms with van der Waals surface area (Å²) in [4.78, 5) is 10.5. The summed E-state index contributed by atoms with van der Waals surface area (Å²) in [6, 6.07) is 9.33. The van der Waals surface area contributed by atoms with Gasteiger partial charge in [-0.3, -0.25) is 10.00 Å². The van der Waals surface area contributed by atoms with Gasteiger partial charge in [0.2, 0.25) is 0 Å². The number of hydrogen-bond donors (Lipinski definition) is 4. The Morgan fingerprint density at radius 1 is 1.20 bits per heavy atom. The normalized spacial score (nSPS) is 18.6. The number of aromatic nitrogens is 4. The number of imidazole rings is 1. The first-order valence-electron chi connectivity index (χ1n) is 12.3. The molecule has 2 aliphatic heterocycles. The third-order valence-electron chi connectivity index (χ3n) is 7.28. The third kappa shape index (κ3) is 4.02. The highest BCUT2D eigenvalue weighted by Gasteiger charge is 2.23. The molecule has 6 rings (SSSR count). The molecule has 4 aromatic rings. The maximum atomic E-state index is 15.6. The number of hydrogen-bond acceptors (Lipinski definition) is 5. The highest BCUT2D eigenvalue weighted by molar-refractivity contribution is 5.94. The van der Waals surface area contributed by atoms with E-state index in [4.69, 9.17) is 0 Å². The molecule has 0 bridgehead atoms. The molecule has 2 aliphatic rings. The lowest BCUT2D eigenvalue weighted by Crippen LogP contribution is -2.50. The molecule has 0 spiro atoms. The zero-order valence-corrected chi connectivity index (χ0v) is 19.7. The largest absolute Gasteiger partial charge is 0.508 e. The van der Waals surface area contributed by atoms with Crippen molar-refractivity contribution >= 4 is 16.5 Å². The van der Waals surface area contributed by atoms with Crippen molar-refractivity contribution in [1.82, 2.24) is 30.4 Å². The van der Waals surface area contributed by atoms with E-state index in [0.717, 1.165) is 49.4 Å². The van der Waals surface area contributed by atoms with Gasteiger partial charge in [-0.2, -0.15) is 5.10 Å². The standard InChI is InChI=1S/C27H29FN6O/c1-2-16-13-19(35)3-4-20(16)21-5-6-22-25(24(21)28)32-33-26(22)27-30-14-23(31-27)17-8-11-34(12-9-17)15-18-7-10-29-18/h3-6,8,13-14,18,29,35H,2,7,9-12,15H2,1H3,(H,30,31)(H,32,33)/t18-/m0/s1. The fraction of sp³-hybridized carbons (Fsp3) is 0.333. The van der Waals surface area contributed by atoms with Crippen LogP contribution in [0.25, 0.3) is 39.1 Å². The Morgan fingerprint density at radius 3 is 2.80 bits per heavy atom. The van der Waals surface area contributed by atoms with E-state index < -0.39 is 0 Å². The predicted octanol–water partition coefficient (Wildman–Crippen LogP) is 4.48. The van der Waals surface area contributed by atoms with Crippen molar-refractivity contribution in [3.8, 4) is 28.4 Å². The number of aromatic amines is 2. The third-order valence-corrected chi connectivity index (χ3v) is 7.28. The van der Waals surface area contributed by atoms with Crippen molar-refractivity contribution in [2.75, 3.05) is 26.2 Å². The SMILES string of the molecule is CCc1cc(O)ccc1-c1ccc2c(-c3ncc(C4=CCN(C[C@@H]5CCN5)CC4)[nH]3)[nH]nc2c1F. The number of benzene rings is 2. The molecule has 0 aliphatic carbocycles. The zero-order chi connectivity index (χ0) is 23.9. The Balaban J connectivity index is 1.27. The number of phenols is 1. The second kappa shape index (κ2) is 8.94. The summed E-state index contributed by atoms with van der Waals surface area (Å²) in [5, 5.41) is 21.2. The summed E-state index contributed by atoms with van der Waals surface area (Å²) in [7, 11) is 0. The van der Waals surface area contributed by atoms with E-state index >= 15 is 4.39 Å². The van der Waals surface area contributed by atoms with E-state index in [1.165, 1.54) is 12.0 Å². The van der Waals surface area contributed by atoms with E-state index in [2.05, 4.69) is 36.5 Å². The van der Waals surface area contributed by atoms with Crippen LogP contribution in [0.2, 0.25) is 0 Å². The fourth-order valence-corrected chi connectivity index (χ4v) is 5.12. The van der Waals surface area contributed by atoms with Crippen LogP contribution in [0.3, 0.4) is 0 Å². The molecule has 180 valence electrons. The summed E-state index contributed by atoms with van der Waals surface area (Å²) in [6.07, 6.45) is 7.06. The van der Waals surface area contributed by atoms with Gasteiger partial charge in [-0.1, -0.05) is 25.1 Å². The maximum Gasteiger partial charge on any atom is 0.159 e. The topological polar surface area (TPSA) is 92.9 Å². The minimum absolute atomic E-state index is 0.180. The first-order chi connectivity index (χ1) is 17.1. The van der Waals surface area contributed by atoms with E-state index in [-0.39, 0.29) is 17.1 Å². The molecular weight excluding hydrogens is 443 g/mol. The van der Waals surface area contributed by atoms with E-state index in [1.54, 1.807) is 24.3 Å². The van der Waals surface area contributed by atoms with E-state index in [9.17, 15) is 5.11 Å². The summed E-state index contributed by atoms with van der Waals surface area (Å²) in [6.45, 7) is 6.22. The summed E-state index contributed by atoms with van der Waals surface area (Å²) < 4.78 is 15.6. The molecule has 4 N–H and O–H groups in total. The smallest absolute Gasteiger partial charge is 0.159 e. The van der Waals surface area contributed by atoms with Gasteiger partial charge in [-0.15, -0.1) is 0 Å². The fourth-order valence-electron chi connectivity index (χ4n) is 5.12. The Kier molecular flexibility index (Phi) is 5.62. The molecule has 1 fully saturated rings. The molecule has 2 aromatic carbocycles. The van der Waals surface area contributed by atoms with Gasteiger partial charge in [-0.25, -0.2) is 9.37 Å². The number of phenolic OH excluding ortho intramolecular Hbond substituents is 1. The number of halogens is 1. The Morgan fingerprint density at radius 2 is 2.06 bits per heavy atom. The second-order valence-corrected chi connectivity index (χ2v) is 9.44. The van der Waals surface area contributed by atoms with Gasteiger partial charge in [-0.05, 0) is 60.7 Å². The van der Waals surface area contributed by atoms with Gasteiger partial charge in [0.05, 0.1) is 11.9 Å². The lowest BCUT2D eigenvalue weighted by molar-refractivity contribution is 0.223. The Labute approximate surface area is 203 Å². The van der Waals surface area contributed by atoms with Gasteiger partial charge in [0.15, 0.2) is 11.6 Å². The average Bonchev–Trinajstić information content (AvgIpc) is 3.50. The molecule has 1 saturated heterocycles. The van der Waals surface area contributed by atoms with Crippen molar-refractivity contribution in [1.29, 1.82) is 0 Å². The van der Waals surface area contributed by atoms with Gasteiger partial charge in [0, 0.05) is 36.6 Å². The average molecular weight is 473 g/mol. The van der Waals surface area contributed by atoms with Crippen LogP contribution in [0.15, 0.2) is 42.6 Å². The first kappa shape index (κ1) is 22.0. The summed E-state index contributed by atoms with van der Waals surface area (Å²) in [5.74, 6) is 0.447. The number of aromatic hydroxyl groups is 1. The molecule has 1 atom stereocenters. The lowest BCUT2D eigenvalue weighted by atomic mass is 9.96. The first-order valence-corrected chi connectivity index (χ1v) is 12.3. The van der Waals surface area contributed by atoms with Crippen molar-refractivity contribution in [3.63, 3.8) is 0 Å². The number of rotatable bonds is 6. The molecule has 35 heavy (non-hydrogen) atoms. The minimum Gasteiger partial charge on any atom is -0.508 e. The Hall–Kier alpha value is -3.49. The predicted molar refractivity (Wildman–Crippen MR) is 136 cm³/mol. The van der Waals surface area contributed by atoms with Gasteiger partial charge in [0.25, 0.3) is 0 Å². The molecule has 4 heterocycles. The van der Waals surface area contributed by atoms with Crippen LogP contribution in [-0.2, 0) is 6.42 Å². The van der Waals surface area contributed by atoms with Crippen LogP contribution in [0.5, 0.6) is 5.75 Å². The molecule has 0 saturated carbocycles. The van der Waals surface area contributed by atoms with Crippen LogP contribution < -0.4 is 5.32 Å². The molecule has 8 heteroatoms. The van der Waals surface area contributed by atoms with Crippen LogP contribution in [0.1, 0.15) is 31.0 Å². The van der Waals surface area contributed by atoms with Gasteiger partial charge < -0.3 is 15.4 Å². The Bertz CT molecular complexity index is 1420. The van der Waals surface area contributed by atoms with E-state index in [0.29, 0.717) is 34.9 Å². The number of nitrogens with one attached hydrogen (secondary N) is 3. The number of fused-ring (bicyclic) bond motifs is 1. The van der Waals surface area contributed by atoms with Crippen LogP contribution in [0, 0.1) is 5.82 Å². The van der Waals surface area contributed by atoms with Crippen LogP contribution in [-0.4, -0.2) is 62.4 Å². The number of nitrogens with zero attached hydrogens (tertiary/aromatic N) is 3. The molecule has 0 unspecified atom stereocenters. The van der Waals surface area contributed by atoms with Crippen molar-refractivity contribution < 1.29 is 9.50 Å². The lowest BCUT2D eigenvalue weighted by Gasteiger charge is -2.34. The minimum atomic E-state index is -0.381. The molecule has 2 aromatic heterocycles. The zero-order valence-electron chi connectivity index (χ0n) is 19.7. The van der Waals surface area contributed by atoms with Crippen LogP contribution in [0.4, 0.5) is 4.39 Å². The number of H-pyrrole nitrogens is 2. The van der Waals surface area contributed by atoms with Gasteiger partial charge in [0.1, 0.15) is 17.0 Å². The quantitative estimate of drug-likeness (QED) is 0.332. The summed E-state index contributed by atoms with van der Waals surface area (Å²) in [5.41, 5.74) is 5.34.